The minimum Gasteiger partial charge on any atom is -0.392 e. The lowest BCUT2D eigenvalue weighted by Crippen LogP contribution is -2.39. The van der Waals surface area contributed by atoms with Gasteiger partial charge in [0, 0.05) is 31.8 Å². The molecule has 0 unspecified atom stereocenters. The van der Waals surface area contributed by atoms with Crippen molar-refractivity contribution in [1.29, 1.82) is 0 Å². The standard InChI is InChI=1S/C12H13F4NO.C10H9ClF4O/c13-11-8(6-9-7-17-4-5-18-9)2-1-3-10(11)12(14,15)16;11-5-7(16)4-6-2-1-3-8(9(6)12)10(13,14)15/h1-3,9,17H,4-7H2;1-3,7,16H,4-5H2/t9-;7-/m11/s1. The van der Waals surface area contributed by atoms with Crippen molar-refractivity contribution >= 4 is 11.6 Å². The highest BCUT2D eigenvalue weighted by Crippen LogP contribution is 2.33. The van der Waals surface area contributed by atoms with E-state index in [0.717, 1.165) is 12.1 Å². The van der Waals surface area contributed by atoms with E-state index < -0.39 is 41.2 Å². The number of halogens is 9. The van der Waals surface area contributed by atoms with Gasteiger partial charge in [0.2, 0.25) is 0 Å². The normalized spacial score (nSPS) is 17.6. The summed E-state index contributed by atoms with van der Waals surface area (Å²) < 4.78 is 107. The van der Waals surface area contributed by atoms with Crippen LogP contribution in [0.1, 0.15) is 22.3 Å². The molecule has 1 saturated heterocycles. The lowest BCUT2D eigenvalue weighted by atomic mass is 10.0. The smallest absolute Gasteiger partial charge is 0.392 e. The second kappa shape index (κ2) is 12.1. The van der Waals surface area contributed by atoms with Crippen molar-refractivity contribution in [2.24, 2.45) is 0 Å². The Kier molecular flexibility index (Phi) is 10.1. The molecule has 0 spiro atoms. The van der Waals surface area contributed by atoms with Gasteiger partial charge in [0.15, 0.2) is 0 Å². The monoisotopic (exact) mass is 519 g/mol. The van der Waals surface area contributed by atoms with E-state index in [9.17, 15) is 35.1 Å². The molecule has 0 bridgehead atoms. The van der Waals surface area contributed by atoms with E-state index in [1.165, 1.54) is 18.2 Å². The third-order valence-electron chi connectivity index (χ3n) is 4.85. The highest BCUT2D eigenvalue weighted by Gasteiger charge is 2.36. The summed E-state index contributed by atoms with van der Waals surface area (Å²) in [5, 5.41) is 12.2. The van der Waals surface area contributed by atoms with Crippen molar-refractivity contribution in [1.82, 2.24) is 5.32 Å². The summed E-state index contributed by atoms with van der Waals surface area (Å²) >= 11 is 5.29. The first-order valence-corrected chi connectivity index (χ1v) is 10.6. The van der Waals surface area contributed by atoms with Crippen molar-refractivity contribution in [2.75, 3.05) is 25.6 Å². The Morgan fingerprint density at radius 1 is 0.941 bits per heavy atom. The van der Waals surface area contributed by atoms with E-state index in [1.54, 1.807) is 0 Å². The minimum absolute atomic E-state index is 0.0403. The predicted molar refractivity (Wildman–Crippen MR) is 110 cm³/mol. The fourth-order valence-corrected chi connectivity index (χ4v) is 3.33. The van der Waals surface area contributed by atoms with Crippen LogP contribution in [0.2, 0.25) is 0 Å². The first-order chi connectivity index (χ1) is 15.8. The van der Waals surface area contributed by atoms with Crippen LogP contribution >= 0.6 is 11.6 Å². The van der Waals surface area contributed by atoms with Crippen molar-refractivity contribution in [3.05, 3.63) is 70.3 Å². The quantitative estimate of drug-likeness (QED) is 0.413. The Hall–Kier alpha value is -1.95. The number of alkyl halides is 7. The largest absolute Gasteiger partial charge is 0.419 e. The molecule has 190 valence electrons. The number of aliphatic hydroxyl groups is 1. The van der Waals surface area contributed by atoms with E-state index >= 15 is 0 Å². The number of morpholine rings is 1. The van der Waals surface area contributed by atoms with E-state index in [2.05, 4.69) is 5.32 Å². The molecule has 0 aromatic heterocycles. The van der Waals surface area contributed by atoms with Gasteiger partial charge in [-0.15, -0.1) is 11.6 Å². The Morgan fingerprint density at radius 3 is 1.94 bits per heavy atom. The molecule has 12 heteroatoms. The summed E-state index contributed by atoms with van der Waals surface area (Å²) in [7, 11) is 0. The van der Waals surface area contributed by atoms with Gasteiger partial charge in [-0.2, -0.15) is 26.3 Å². The van der Waals surface area contributed by atoms with E-state index in [4.69, 9.17) is 21.4 Å². The van der Waals surface area contributed by atoms with E-state index in [0.29, 0.717) is 25.8 Å². The molecule has 2 aromatic rings. The highest BCUT2D eigenvalue weighted by atomic mass is 35.5. The van der Waals surface area contributed by atoms with Gasteiger partial charge in [0.1, 0.15) is 11.6 Å². The van der Waals surface area contributed by atoms with Crippen LogP contribution in [0.15, 0.2) is 36.4 Å². The van der Waals surface area contributed by atoms with Gasteiger partial charge in [-0.1, -0.05) is 24.3 Å². The third kappa shape index (κ3) is 8.07. The second-order valence-corrected chi connectivity index (χ2v) is 7.77. The Morgan fingerprint density at radius 2 is 1.47 bits per heavy atom. The number of nitrogens with one attached hydrogen (secondary N) is 1. The van der Waals surface area contributed by atoms with Crippen molar-refractivity contribution in [2.45, 2.75) is 37.4 Å². The average molecular weight is 520 g/mol. The molecule has 2 atom stereocenters. The molecule has 1 fully saturated rings. The fraction of sp³-hybridized carbons (Fsp3) is 0.455. The van der Waals surface area contributed by atoms with Crippen molar-refractivity contribution < 1.29 is 45.0 Å². The maximum absolute atomic E-state index is 13.7. The fourth-order valence-electron chi connectivity index (χ4n) is 3.22. The maximum atomic E-state index is 13.7. The molecule has 0 saturated carbocycles. The zero-order chi connectivity index (χ0) is 25.5. The molecule has 1 heterocycles. The zero-order valence-electron chi connectivity index (χ0n) is 17.6. The van der Waals surface area contributed by atoms with Gasteiger partial charge >= 0.3 is 12.4 Å². The van der Waals surface area contributed by atoms with Crippen LogP contribution in [0.4, 0.5) is 35.1 Å². The summed E-state index contributed by atoms with van der Waals surface area (Å²) in [6.45, 7) is 1.72. The van der Waals surface area contributed by atoms with Crippen LogP contribution in [0, 0.1) is 11.6 Å². The van der Waals surface area contributed by atoms with Crippen LogP contribution in [0.3, 0.4) is 0 Å². The van der Waals surface area contributed by atoms with Crippen molar-refractivity contribution in [3.63, 3.8) is 0 Å². The molecule has 3 nitrogen and oxygen atoms in total. The van der Waals surface area contributed by atoms with Gasteiger partial charge in [-0.25, -0.2) is 8.78 Å². The molecular weight excluding hydrogens is 498 g/mol. The van der Waals surface area contributed by atoms with Crippen LogP contribution < -0.4 is 5.32 Å². The molecule has 3 rings (SSSR count). The van der Waals surface area contributed by atoms with Crippen LogP contribution in [-0.2, 0) is 29.9 Å². The Bertz CT molecular complexity index is 930. The molecular formula is C22H22ClF8NO2. The number of benzene rings is 2. The molecule has 0 aliphatic carbocycles. The van der Waals surface area contributed by atoms with Gasteiger partial charge < -0.3 is 15.2 Å². The lowest BCUT2D eigenvalue weighted by Gasteiger charge is -2.24. The third-order valence-corrected chi connectivity index (χ3v) is 5.21. The molecule has 2 N–H and O–H groups in total. The van der Waals surface area contributed by atoms with E-state index in [-0.39, 0.29) is 36.0 Å². The first kappa shape index (κ1) is 28.3. The van der Waals surface area contributed by atoms with Gasteiger partial charge in [-0.3, -0.25) is 0 Å². The van der Waals surface area contributed by atoms with Gasteiger partial charge in [0.25, 0.3) is 0 Å². The lowest BCUT2D eigenvalue weighted by molar-refractivity contribution is -0.141. The molecule has 0 radical (unpaired) electrons. The summed E-state index contributed by atoms with van der Waals surface area (Å²) in [6.07, 6.45) is -10.8. The number of hydrogen-bond donors (Lipinski definition) is 2. The molecule has 0 amide bonds. The number of ether oxygens (including phenoxy) is 1. The number of rotatable bonds is 5. The second-order valence-electron chi connectivity index (χ2n) is 7.47. The SMILES string of the molecule is Fc1c(C[C@@H]2CNCCO2)cccc1C(F)(F)F.O[C@@H](CCl)Cc1cccc(C(F)(F)F)c1F. The average Bonchev–Trinajstić information content (AvgIpc) is 2.76. The molecule has 2 aromatic carbocycles. The number of aliphatic hydroxyl groups excluding tert-OH is 1. The van der Waals surface area contributed by atoms with E-state index in [1.807, 2.05) is 0 Å². The minimum atomic E-state index is -4.73. The van der Waals surface area contributed by atoms with Gasteiger partial charge in [-0.05, 0) is 23.3 Å². The number of hydrogen-bond acceptors (Lipinski definition) is 3. The van der Waals surface area contributed by atoms with Crippen LogP contribution in [-0.4, -0.2) is 42.9 Å². The summed E-state index contributed by atoms with van der Waals surface area (Å²) in [4.78, 5) is 0. The van der Waals surface area contributed by atoms with Crippen LogP contribution in [0.25, 0.3) is 0 Å². The maximum Gasteiger partial charge on any atom is 0.419 e. The predicted octanol–water partition coefficient (Wildman–Crippen LogP) is 5.36. The van der Waals surface area contributed by atoms with Gasteiger partial charge in [0.05, 0.1) is 29.9 Å². The summed E-state index contributed by atoms with van der Waals surface area (Å²) in [6, 6.07) is 6.29. The molecule has 34 heavy (non-hydrogen) atoms. The molecule has 1 aliphatic rings. The summed E-state index contributed by atoms with van der Waals surface area (Å²) in [5.41, 5.74) is -2.70. The zero-order valence-corrected chi connectivity index (χ0v) is 18.4. The van der Waals surface area contributed by atoms with Crippen molar-refractivity contribution in [3.8, 4) is 0 Å². The van der Waals surface area contributed by atoms with Crippen LogP contribution in [0.5, 0.6) is 0 Å². The Labute approximate surface area is 195 Å². The first-order valence-electron chi connectivity index (χ1n) is 10.1. The highest BCUT2D eigenvalue weighted by molar-refractivity contribution is 6.18. The topological polar surface area (TPSA) is 41.5 Å². The summed E-state index contributed by atoms with van der Waals surface area (Å²) in [5.74, 6) is -2.70. The molecule has 1 aliphatic heterocycles. The Balaban J connectivity index is 0.000000242.